The van der Waals surface area contributed by atoms with E-state index in [0.29, 0.717) is 19.4 Å². The number of carbonyl (C=O) groups is 1. The molecule has 26 heavy (non-hydrogen) atoms. The molecule has 0 bridgehead atoms. The number of anilines is 2. The number of aryl methyl sites for hydroxylation is 1. The van der Waals surface area contributed by atoms with E-state index in [4.69, 9.17) is 0 Å². The van der Waals surface area contributed by atoms with Gasteiger partial charge in [-0.2, -0.15) is 0 Å². The summed E-state index contributed by atoms with van der Waals surface area (Å²) in [6, 6.07) is 11.9. The minimum absolute atomic E-state index is 0.0453. The molecule has 0 saturated heterocycles. The molecule has 0 fully saturated rings. The number of hydrogen-bond acceptors (Lipinski definition) is 6. The van der Waals surface area contributed by atoms with E-state index in [1.165, 1.54) is 12.1 Å². The van der Waals surface area contributed by atoms with E-state index in [0.717, 1.165) is 26.6 Å². The highest BCUT2D eigenvalue weighted by molar-refractivity contribution is 7.18. The zero-order valence-electron chi connectivity index (χ0n) is 14.2. The van der Waals surface area contributed by atoms with E-state index < -0.39 is 4.92 Å². The zero-order valence-corrected chi connectivity index (χ0v) is 15.0. The van der Waals surface area contributed by atoms with E-state index in [1.54, 1.807) is 23.5 Å². The Bertz CT molecular complexity index is 937. The number of nitrogens with one attached hydrogen (secondary N) is 2. The minimum Gasteiger partial charge on any atom is -0.385 e. The molecule has 0 spiro atoms. The number of thiazole rings is 1. The third-order valence-corrected chi connectivity index (χ3v) is 4.70. The Kier molecular flexibility index (Phi) is 5.43. The number of nitro benzene ring substituents is 1. The summed E-state index contributed by atoms with van der Waals surface area (Å²) in [7, 11) is 0. The van der Waals surface area contributed by atoms with Crippen molar-refractivity contribution in [2.24, 2.45) is 0 Å². The molecule has 0 unspecified atom stereocenters. The molecule has 3 aromatic rings. The van der Waals surface area contributed by atoms with Crippen molar-refractivity contribution in [1.29, 1.82) is 0 Å². The molecule has 1 amide bonds. The maximum Gasteiger partial charge on any atom is 0.269 e. The minimum atomic E-state index is -0.432. The van der Waals surface area contributed by atoms with Crippen LogP contribution in [0.5, 0.6) is 0 Å². The van der Waals surface area contributed by atoms with Crippen LogP contribution in [-0.2, 0) is 4.79 Å². The second-order valence-corrected chi connectivity index (χ2v) is 7.03. The normalized spacial score (nSPS) is 10.7. The number of nitrogens with zero attached hydrogens (tertiary/aromatic N) is 2. The summed E-state index contributed by atoms with van der Waals surface area (Å²) in [5, 5.41) is 17.7. The van der Waals surface area contributed by atoms with Crippen molar-refractivity contribution in [3.05, 3.63) is 57.6 Å². The first-order valence-electron chi connectivity index (χ1n) is 8.16. The lowest BCUT2D eigenvalue weighted by Gasteiger charge is -2.07. The van der Waals surface area contributed by atoms with Gasteiger partial charge in [-0.05, 0) is 43.7 Å². The van der Waals surface area contributed by atoms with Gasteiger partial charge in [0.2, 0.25) is 5.91 Å². The molecule has 3 rings (SSSR count). The van der Waals surface area contributed by atoms with Crippen molar-refractivity contribution in [3.8, 4) is 0 Å². The van der Waals surface area contributed by atoms with E-state index in [1.807, 2.05) is 25.1 Å². The number of non-ortho nitro benzene ring substituents is 1. The summed E-state index contributed by atoms with van der Waals surface area (Å²) in [6.45, 7) is 2.57. The van der Waals surface area contributed by atoms with Gasteiger partial charge in [-0.3, -0.25) is 14.9 Å². The number of benzene rings is 2. The van der Waals surface area contributed by atoms with Crippen molar-refractivity contribution in [2.75, 3.05) is 17.2 Å². The number of carbonyl (C=O) groups excluding carboxylic acids is 1. The summed E-state index contributed by atoms with van der Waals surface area (Å²) in [5.41, 5.74) is 2.57. The molecule has 2 N–H and O–H groups in total. The van der Waals surface area contributed by atoms with Gasteiger partial charge in [-0.1, -0.05) is 0 Å². The Morgan fingerprint density at radius 2 is 1.92 bits per heavy atom. The third kappa shape index (κ3) is 4.54. The fourth-order valence-electron chi connectivity index (χ4n) is 2.52. The number of aromatic nitrogens is 1. The Morgan fingerprint density at radius 3 is 2.65 bits per heavy atom. The topological polar surface area (TPSA) is 97.2 Å². The smallest absolute Gasteiger partial charge is 0.269 e. The maximum atomic E-state index is 12.1. The summed E-state index contributed by atoms with van der Waals surface area (Å²) in [5.74, 6) is -0.0453. The van der Waals surface area contributed by atoms with Crippen LogP contribution in [0.15, 0.2) is 42.5 Å². The zero-order chi connectivity index (χ0) is 18.5. The molecule has 0 aliphatic rings. The van der Waals surface area contributed by atoms with E-state index >= 15 is 0 Å². The van der Waals surface area contributed by atoms with Crippen molar-refractivity contribution >= 4 is 44.5 Å². The van der Waals surface area contributed by atoms with Crippen LogP contribution in [0.3, 0.4) is 0 Å². The Hall–Kier alpha value is -3.00. The van der Waals surface area contributed by atoms with E-state index in [9.17, 15) is 14.9 Å². The van der Waals surface area contributed by atoms with Crippen LogP contribution < -0.4 is 10.6 Å². The lowest BCUT2D eigenvalue weighted by atomic mass is 10.2. The number of nitro groups is 1. The van der Waals surface area contributed by atoms with E-state index in [2.05, 4.69) is 15.6 Å². The van der Waals surface area contributed by atoms with Crippen molar-refractivity contribution in [1.82, 2.24) is 4.98 Å². The first-order valence-corrected chi connectivity index (χ1v) is 8.98. The lowest BCUT2D eigenvalue weighted by Crippen LogP contribution is -2.13. The Labute approximate surface area is 154 Å². The summed E-state index contributed by atoms with van der Waals surface area (Å²) in [4.78, 5) is 26.6. The van der Waals surface area contributed by atoms with Crippen molar-refractivity contribution in [3.63, 3.8) is 0 Å². The SMILES string of the molecule is Cc1nc2ccc(NC(=O)CCCNc3ccc([N+](=O)[O-])cc3)cc2s1. The molecule has 1 aromatic heterocycles. The summed E-state index contributed by atoms with van der Waals surface area (Å²) < 4.78 is 1.06. The van der Waals surface area contributed by atoms with Crippen LogP contribution in [0, 0.1) is 17.0 Å². The number of amides is 1. The average Bonchev–Trinajstić information content (AvgIpc) is 2.98. The van der Waals surface area contributed by atoms with Gasteiger partial charge in [0, 0.05) is 36.5 Å². The van der Waals surface area contributed by atoms with Gasteiger partial charge < -0.3 is 10.6 Å². The van der Waals surface area contributed by atoms with Crippen LogP contribution >= 0.6 is 11.3 Å². The van der Waals surface area contributed by atoms with Gasteiger partial charge in [0.05, 0.1) is 20.1 Å². The van der Waals surface area contributed by atoms with Crippen molar-refractivity contribution in [2.45, 2.75) is 19.8 Å². The second kappa shape index (κ2) is 7.92. The summed E-state index contributed by atoms with van der Waals surface area (Å²) in [6.07, 6.45) is 1.05. The second-order valence-electron chi connectivity index (χ2n) is 5.80. The highest BCUT2D eigenvalue weighted by atomic mass is 32.1. The third-order valence-electron chi connectivity index (χ3n) is 3.77. The molecular weight excluding hydrogens is 352 g/mol. The number of rotatable bonds is 7. The number of fused-ring (bicyclic) bond motifs is 1. The molecular formula is C18H18N4O3S. The molecule has 134 valence electrons. The highest BCUT2D eigenvalue weighted by Crippen LogP contribution is 2.24. The average molecular weight is 370 g/mol. The van der Waals surface area contributed by atoms with E-state index in [-0.39, 0.29) is 11.6 Å². The van der Waals surface area contributed by atoms with Gasteiger partial charge in [-0.25, -0.2) is 4.98 Å². The Morgan fingerprint density at radius 1 is 1.19 bits per heavy atom. The molecule has 0 aliphatic carbocycles. The molecule has 8 heteroatoms. The standard InChI is InChI=1S/C18H18N4O3S/c1-12-20-16-9-6-14(11-17(16)26-12)21-18(23)3-2-10-19-13-4-7-15(8-5-13)22(24)25/h4-9,11,19H,2-3,10H2,1H3,(H,21,23). The van der Waals surface area contributed by atoms with Gasteiger partial charge in [0.1, 0.15) is 0 Å². The quantitative estimate of drug-likeness (QED) is 0.366. The molecule has 1 heterocycles. The van der Waals surface area contributed by atoms with Crippen LogP contribution in [0.4, 0.5) is 17.1 Å². The first-order chi connectivity index (χ1) is 12.5. The molecule has 0 saturated carbocycles. The monoisotopic (exact) mass is 370 g/mol. The molecule has 0 aliphatic heterocycles. The van der Waals surface area contributed by atoms with Crippen LogP contribution in [0.2, 0.25) is 0 Å². The van der Waals surface area contributed by atoms with Gasteiger partial charge in [0.25, 0.3) is 5.69 Å². The molecule has 7 nitrogen and oxygen atoms in total. The highest BCUT2D eigenvalue weighted by Gasteiger charge is 2.06. The predicted octanol–water partition coefficient (Wildman–Crippen LogP) is 4.34. The Balaban J connectivity index is 1.44. The maximum absolute atomic E-state index is 12.1. The number of hydrogen-bond donors (Lipinski definition) is 2. The summed E-state index contributed by atoms with van der Waals surface area (Å²) >= 11 is 1.60. The van der Waals surface area contributed by atoms with Crippen molar-refractivity contribution < 1.29 is 9.72 Å². The van der Waals surface area contributed by atoms with Crippen LogP contribution in [-0.4, -0.2) is 22.4 Å². The first kappa shape index (κ1) is 17.8. The fraction of sp³-hybridized carbons (Fsp3) is 0.222. The van der Waals surface area contributed by atoms with Crippen LogP contribution in [0.25, 0.3) is 10.2 Å². The van der Waals surface area contributed by atoms with Crippen LogP contribution in [0.1, 0.15) is 17.8 Å². The molecule has 0 atom stereocenters. The lowest BCUT2D eigenvalue weighted by molar-refractivity contribution is -0.384. The molecule has 2 aromatic carbocycles. The largest absolute Gasteiger partial charge is 0.385 e. The molecule has 0 radical (unpaired) electrons. The van der Waals surface area contributed by atoms with Gasteiger partial charge in [-0.15, -0.1) is 11.3 Å². The predicted molar refractivity (Wildman–Crippen MR) is 104 cm³/mol. The van der Waals surface area contributed by atoms with Gasteiger partial charge in [0.15, 0.2) is 0 Å². The fourth-order valence-corrected chi connectivity index (χ4v) is 3.39. The van der Waals surface area contributed by atoms with Gasteiger partial charge >= 0.3 is 0 Å².